The number of ether oxygens (including phenoxy) is 2. The molecule has 0 heterocycles. The van der Waals surface area contributed by atoms with Gasteiger partial charge in [-0.25, -0.2) is 0 Å². The molecule has 1 aliphatic rings. The highest BCUT2D eigenvalue weighted by Crippen LogP contribution is 2.44. The number of methoxy groups -OCH3 is 2. The lowest BCUT2D eigenvalue weighted by molar-refractivity contribution is -0.126. The average Bonchev–Trinajstić information content (AvgIpc) is 3.16. The normalized spacial score (nSPS) is 21.0. The Kier molecular flexibility index (Phi) is 8.58. The van der Waals surface area contributed by atoms with Crippen molar-refractivity contribution in [3.8, 4) is 11.5 Å². The van der Waals surface area contributed by atoms with E-state index >= 15 is 0 Å². The predicted octanol–water partition coefficient (Wildman–Crippen LogP) is 7.06. The fraction of sp³-hybridized carbons (Fsp3) is 0.483. The average molecular weight is 465 g/mol. The summed E-state index contributed by atoms with van der Waals surface area (Å²) in [4.78, 5) is 14.0. The van der Waals surface area contributed by atoms with E-state index in [0.717, 1.165) is 37.2 Å². The van der Waals surface area contributed by atoms with E-state index in [1.807, 2.05) is 24.3 Å². The zero-order chi connectivity index (χ0) is 23.9. The lowest BCUT2D eigenvalue weighted by Crippen LogP contribution is -2.33. The molecule has 2 atom stereocenters. The fourth-order valence-corrected chi connectivity index (χ4v) is 8.16. The van der Waals surface area contributed by atoms with Crippen molar-refractivity contribution in [3.63, 3.8) is 0 Å². The van der Waals surface area contributed by atoms with E-state index in [4.69, 9.17) is 9.47 Å². The number of hydrogen-bond donors (Lipinski definition) is 0. The third-order valence-electron chi connectivity index (χ3n) is 7.99. The number of carbonyl (C=O) groups excluding carboxylic acids is 1. The summed E-state index contributed by atoms with van der Waals surface area (Å²) in [6, 6.07) is 20.1. The summed E-state index contributed by atoms with van der Waals surface area (Å²) in [6.07, 6.45) is 5.81. The highest BCUT2D eigenvalue weighted by molar-refractivity contribution is 6.84. The number of ketones is 1. The summed E-state index contributed by atoms with van der Waals surface area (Å²) in [5.74, 6) is 2.19. The van der Waals surface area contributed by atoms with Crippen LogP contribution in [0.3, 0.4) is 0 Å². The molecular formula is C29H40O3Si. The Balaban J connectivity index is 1.89. The lowest BCUT2D eigenvalue weighted by atomic mass is 9.78. The van der Waals surface area contributed by atoms with Crippen LogP contribution >= 0.6 is 0 Å². The van der Waals surface area contributed by atoms with Gasteiger partial charge in [0.25, 0.3) is 0 Å². The summed E-state index contributed by atoms with van der Waals surface area (Å²) < 4.78 is 10.6. The van der Waals surface area contributed by atoms with Crippen molar-refractivity contribution in [3.05, 3.63) is 71.4 Å². The highest BCUT2D eigenvalue weighted by Gasteiger charge is 2.46. The molecule has 2 aromatic carbocycles. The lowest BCUT2D eigenvalue weighted by Gasteiger charge is -2.29. The van der Waals surface area contributed by atoms with Crippen molar-refractivity contribution in [2.75, 3.05) is 14.2 Å². The maximum absolute atomic E-state index is 14.0. The molecule has 0 aromatic heterocycles. The number of hydrogen-bond acceptors (Lipinski definition) is 3. The van der Waals surface area contributed by atoms with Crippen molar-refractivity contribution >= 4 is 13.9 Å². The van der Waals surface area contributed by atoms with Gasteiger partial charge in [0.1, 0.15) is 17.3 Å². The first kappa shape index (κ1) is 25.3. The van der Waals surface area contributed by atoms with Crippen molar-refractivity contribution in [2.24, 2.45) is 11.3 Å². The van der Waals surface area contributed by atoms with Gasteiger partial charge < -0.3 is 9.47 Å². The Morgan fingerprint density at radius 2 is 1.39 bits per heavy atom. The largest absolute Gasteiger partial charge is 0.497 e. The molecule has 1 fully saturated rings. The molecule has 178 valence electrons. The van der Waals surface area contributed by atoms with Gasteiger partial charge in [0.2, 0.25) is 0 Å². The molecule has 0 saturated heterocycles. The van der Waals surface area contributed by atoms with Crippen LogP contribution < -0.4 is 9.47 Å². The van der Waals surface area contributed by atoms with Crippen molar-refractivity contribution in [1.29, 1.82) is 0 Å². The Bertz CT molecular complexity index is 920. The van der Waals surface area contributed by atoms with Gasteiger partial charge in [-0.2, -0.15) is 0 Å². The Morgan fingerprint density at radius 3 is 1.88 bits per heavy atom. The zero-order valence-electron chi connectivity index (χ0n) is 21.0. The maximum Gasteiger partial charge on any atom is 0.146 e. The monoisotopic (exact) mass is 464 g/mol. The second-order valence-electron chi connectivity index (χ2n) is 9.59. The zero-order valence-corrected chi connectivity index (χ0v) is 22.0. The van der Waals surface area contributed by atoms with E-state index < -0.39 is 13.5 Å². The van der Waals surface area contributed by atoms with Gasteiger partial charge in [-0.3, -0.25) is 4.79 Å². The minimum absolute atomic E-state index is 0.0715. The summed E-state index contributed by atoms with van der Waals surface area (Å²) in [7, 11) is 1.90. The minimum atomic E-state index is -1.47. The standard InChI is InChI=1S/C29H40O3Si/c1-6-33(7-2,8-3)20-19-29(22-24-11-15-27(32-5)16-12-24)18-17-25(28(29)30)21-23-9-13-26(31-4)14-10-23/h9-16,19-20,25H,6-8,17-18,21-22H2,1-5H3/b20-19+/t25-,29-/m0/s1. The Morgan fingerprint density at radius 1 is 0.879 bits per heavy atom. The summed E-state index contributed by atoms with van der Waals surface area (Å²) >= 11 is 0. The van der Waals surface area contributed by atoms with E-state index in [1.54, 1.807) is 14.2 Å². The molecule has 0 bridgehead atoms. The summed E-state index contributed by atoms with van der Waals surface area (Å²) in [5, 5.41) is 0. The van der Waals surface area contributed by atoms with Crippen LogP contribution in [-0.2, 0) is 17.6 Å². The van der Waals surface area contributed by atoms with Gasteiger partial charge in [-0.15, -0.1) is 0 Å². The molecule has 3 nitrogen and oxygen atoms in total. The molecule has 4 heteroatoms. The van der Waals surface area contributed by atoms with Crippen molar-refractivity contribution in [2.45, 2.75) is 64.6 Å². The van der Waals surface area contributed by atoms with Crippen LogP contribution in [0.25, 0.3) is 0 Å². The molecule has 0 unspecified atom stereocenters. The van der Waals surface area contributed by atoms with E-state index in [1.165, 1.54) is 29.3 Å². The van der Waals surface area contributed by atoms with Gasteiger partial charge in [0.15, 0.2) is 0 Å². The number of carbonyl (C=O) groups is 1. The van der Waals surface area contributed by atoms with Gasteiger partial charge in [-0.05, 0) is 61.1 Å². The second kappa shape index (κ2) is 11.2. The first-order chi connectivity index (χ1) is 15.9. The number of rotatable bonds is 11. The van der Waals surface area contributed by atoms with E-state index in [9.17, 15) is 4.79 Å². The maximum atomic E-state index is 14.0. The first-order valence-electron chi connectivity index (χ1n) is 12.4. The summed E-state index contributed by atoms with van der Waals surface area (Å²) in [5.41, 5.74) is 4.53. The van der Waals surface area contributed by atoms with Gasteiger partial charge >= 0.3 is 0 Å². The van der Waals surface area contributed by atoms with Crippen LogP contribution in [0.2, 0.25) is 18.1 Å². The van der Waals surface area contributed by atoms with Crippen LogP contribution in [0.1, 0.15) is 44.7 Å². The fourth-order valence-electron chi connectivity index (χ4n) is 5.28. The molecule has 3 rings (SSSR count). The molecule has 0 radical (unpaired) electrons. The molecule has 1 saturated carbocycles. The number of Topliss-reactive ketones (excluding diaryl/α,β-unsaturated/α-hetero) is 1. The third kappa shape index (κ3) is 5.78. The highest BCUT2D eigenvalue weighted by atomic mass is 28.3. The Hall–Kier alpha value is -2.33. The molecule has 0 aliphatic heterocycles. The van der Waals surface area contributed by atoms with Crippen LogP contribution in [0.4, 0.5) is 0 Å². The second-order valence-corrected chi connectivity index (χ2v) is 14.8. The molecule has 33 heavy (non-hydrogen) atoms. The van der Waals surface area contributed by atoms with Crippen LogP contribution in [0.15, 0.2) is 60.3 Å². The molecule has 0 N–H and O–H groups in total. The van der Waals surface area contributed by atoms with E-state index in [0.29, 0.717) is 5.78 Å². The number of benzene rings is 2. The molecule has 0 amide bonds. The van der Waals surface area contributed by atoms with E-state index in [2.05, 4.69) is 56.8 Å². The smallest absolute Gasteiger partial charge is 0.146 e. The van der Waals surface area contributed by atoms with Gasteiger partial charge in [-0.1, -0.05) is 74.9 Å². The quantitative estimate of drug-likeness (QED) is 0.334. The topological polar surface area (TPSA) is 35.5 Å². The van der Waals surface area contributed by atoms with Crippen molar-refractivity contribution < 1.29 is 14.3 Å². The van der Waals surface area contributed by atoms with Gasteiger partial charge in [0, 0.05) is 5.92 Å². The predicted molar refractivity (Wildman–Crippen MR) is 140 cm³/mol. The van der Waals surface area contributed by atoms with Crippen LogP contribution in [0, 0.1) is 11.3 Å². The minimum Gasteiger partial charge on any atom is -0.497 e. The van der Waals surface area contributed by atoms with E-state index in [-0.39, 0.29) is 5.92 Å². The molecule has 1 aliphatic carbocycles. The first-order valence-corrected chi connectivity index (χ1v) is 15.1. The molecule has 2 aromatic rings. The Labute approximate surface area is 201 Å². The van der Waals surface area contributed by atoms with Crippen molar-refractivity contribution in [1.82, 2.24) is 0 Å². The summed E-state index contributed by atoms with van der Waals surface area (Å²) in [6.45, 7) is 6.97. The third-order valence-corrected chi connectivity index (χ3v) is 13.1. The van der Waals surface area contributed by atoms with Gasteiger partial charge in [0.05, 0.1) is 27.7 Å². The number of allylic oxidation sites excluding steroid dienone is 1. The molecule has 0 spiro atoms. The molecular weight excluding hydrogens is 424 g/mol. The SMILES string of the molecule is CC[Si](/C=C/[C@]1(Cc2ccc(OC)cc2)CC[C@@H](Cc2ccc(OC)cc2)C1=O)(CC)CC. The van der Waals surface area contributed by atoms with Crippen LogP contribution in [-0.4, -0.2) is 28.1 Å². The van der Waals surface area contributed by atoms with Crippen LogP contribution in [0.5, 0.6) is 11.5 Å².